The number of carbonyl (C=O) groups is 1. The number of alkyl halides is 3. The van der Waals surface area contributed by atoms with Gasteiger partial charge in [0.25, 0.3) is 0 Å². The monoisotopic (exact) mass is 377 g/mol. The van der Waals surface area contributed by atoms with Gasteiger partial charge in [0, 0.05) is 10.9 Å². The molecule has 0 radical (unpaired) electrons. The van der Waals surface area contributed by atoms with Crippen molar-refractivity contribution in [2.75, 3.05) is 14.2 Å². The summed E-state index contributed by atoms with van der Waals surface area (Å²) in [4.78, 5) is 16.0. The van der Waals surface area contributed by atoms with Gasteiger partial charge in [-0.3, -0.25) is 0 Å². The Kier molecular flexibility index (Phi) is 4.65. The summed E-state index contributed by atoms with van der Waals surface area (Å²) in [6.45, 7) is 0. The number of carboxylic acid groups (broad SMARTS) is 1. The van der Waals surface area contributed by atoms with Crippen LogP contribution in [0.2, 0.25) is 0 Å². The van der Waals surface area contributed by atoms with Gasteiger partial charge in [0.05, 0.1) is 36.6 Å². The fourth-order valence-electron chi connectivity index (χ4n) is 2.73. The first-order chi connectivity index (χ1) is 12.7. The zero-order valence-corrected chi connectivity index (χ0v) is 14.3. The van der Waals surface area contributed by atoms with E-state index in [9.17, 15) is 23.1 Å². The van der Waals surface area contributed by atoms with Crippen LogP contribution in [0.3, 0.4) is 0 Å². The Morgan fingerprint density at radius 2 is 1.78 bits per heavy atom. The molecule has 0 aliphatic heterocycles. The third kappa shape index (κ3) is 3.51. The molecule has 0 unspecified atom stereocenters. The van der Waals surface area contributed by atoms with Gasteiger partial charge >= 0.3 is 12.1 Å². The first-order valence-corrected chi connectivity index (χ1v) is 7.72. The highest BCUT2D eigenvalue weighted by molar-refractivity contribution is 6.04. The molecule has 27 heavy (non-hydrogen) atoms. The summed E-state index contributed by atoms with van der Waals surface area (Å²) in [5.41, 5.74) is -0.392. The molecule has 0 aliphatic carbocycles. The second-order valence-electron chi connectivity index (χ2n) is 5.66. The van der Waals surface area contributed by atoms with E-state index in [0.29, 0.717) is 17.1 Å². The Morgan fingerprint density at radius 3 is 2.37 bits per heavy atom. The predicted octanol–water partition coefficient (Wildman–Crippen LogP) is 4.64. The SMILES string of the molecule is COc1ccc(OC)c(-c2cc(C(=O)O)c3cc(C(F)(F)F)ccc3n2)c1. The number of aromatic carboxylic acids is 1. The van der Waals surface area contributed by atoms with Gasteiger partial charge in [0.2, 0.25) is 0 Å². The van der Waals surface area contributed by atoms with Crippen molar-refractivity contribution in [1.29, 1.82) is 0 Å². The number of methoxy groups -OCH3 is 2. The number of benzene rings is 2. The van der Waals surface area contributed by atoms with Crippen molar-refractivity contribution in [3.63, 3.8) is 0 Å². The standard InChI is InChI=1S/C19H14F3NO4/c1-26-11-4-6-17(27-2)14(8-11)16-9-13(18(24)25)12-7-10(19(20,21)22)3-5-15(12)23-16/h3-9H,1-2H3,(H,24,25). The molecule has 1 aromatic heterocycles. The minimum absolute atomic E-state index is 0.0945. The Labute approximate surface area is 152 Å². The van der Waals surface area contributed by atoms with Crippen LogP contribution in [0, 0.1) is 0 Å². The molecule has 2 aromatic carbocycles. The number of aromatic nitrogens is 1. The molecule has 140 valence electrons. The minimum Gasteiger partial charge on any atom is -0.497 e. The fraction of sp³-hybridized carbons (Fsp3) is 0.158. The lowest BCUT2D eigenvalue weighted by Gasteiger charge is -2.13. The Bertz CT molecular complexity index is 1030. The number of ether oxygens (including phenoxy) is 2. The molecular weight excluding hydrogens is 363 g/mol. The number of halogens is 3. The van der Waals surface area contributed by atoms with E-state index in [1.165, 1.54) is 20.3 Å². The first-order valence-electron chi connectivity index (χ1n) is 7.72. The minimum atomic E-state index is -4.58. The molecular formula is C19H14F3NO4. The summed E-state index contributed by atoms with van der Waals surface area (Å²) in [6, 6.07) is 8.95. The summed E-state index contributed by atoms with van der Waals surface area (Å²) in [5.74, 6) is -0.437. The predicted molar refractivity (Wildman–Crippen MR) is 92.2 cm³/mol. The van der Waals surface area contributed by atoms with E-state index in [1.807, 2.05) is 0 Å². The summed E-state index contributed by atoms with van der Waals surface area (Å²) in [7, 11) is 2.92. The van der Waals surface area contributed by atoms with Crippen LogP contribution >= 0.6 is 0 Å². The fourth-order valence-corrected chi connectivity index (χ4v) is 2.73. The van der Waals surface area contributed by atoms with E-state index in [4.69, 9.17) is 9.47 Å². The van der Waals surface area contributed by atoms with Gasteiger partial charge in [-0.15, -0.1) is 0 Å². The summed E-state index contributed by atoms with van der Waals surface area (Å²) in [5, 5.41) is 9.42. The highest BCUT2D eigenvalue weighted by Crippen LogP contribution is 2.36. The third-order valence-corrected chi connectivity index (χ3v) is 4.05. The molecule has 0 aliphatic rings. The number of hydrogen-bond acceptors (Lipinski definition) is 4. The molecule has 1 heterocycles. The van der Waals surface area contributed by atoms with Crippen LogP contribution in [0.1, 0.15) is 15.9 Å². The van der Waals surface area contributed by atoms with E-state index in [2.05, 4.69) is 4.98 Å². The average molecular weight is 377 g/mol. The van der Waals surface area contributed by atoms with Crippen LogP contribution in [-0.4, -0.2) is 30.3 Å². The van der Waals surface area contributed by atoms with Crippen LogP contribution in [-0.2, 0) is 6.18 Å². The van der Waals surface area contributed by atoms with E-state index in [0.717, 1.165) is 18.2 Å². The van der Waals surface area contributed by atoms with Crippen LogP contribution in [0.15, 0.2) is 42.5 Å². The molecule has 5 nitrogen and oxygen atoms in total. The molecule has 3 aromatic rings. The van der Waals surface area contributed by atoms with E-state index in [1.54, 1.807) is 18.2 Å². The number of hydrogen-bond donors (Lipinski definition) is 1. The van der Waals surface area contributed by atoms with Crippen molar-refractivity contribution in [1.82, 2.24) is 4.98 Å². The lowest BCUT2D eigenvalue weighted by molar-refractivity contribution is -0.137. The van der Waals surface area contributed by atoms with Crippen LogP contribution in [0.4, 0.5) is 13.2 Å². The van der Waals surface area contributed by atoms with Gasteiger partial charge in [-0.2, -0.15) is 13.2 Å². The van der Waals surface area contributed by atoms with E-state index < -0.39 is 17.7 Å². The van der Waals surface area contributed by atoms with Gasteiger partial charge in [-0.05, 0) is 42.5 Å². The maximum absolute atomic E-state index is 13.0. The Balaban J connectivity index is 2.30. The van der Waals surface area contributed by atoms with Crippen LogP contribution < -0.4 is 9.47 Å². The molecule has 0 fully saturated rings. The quantitative estimate of drug-likeness (QED) is 0.718. The number of carboxylic acids is 1. The average Bonchev–Trinajstić information content (AvgIpc) is 2.65. The molecule has 0 amide bonds. The van der Waals surface area contributed by atoms with Gasteiger partial charge in [0.15, 0.2) is 0 Å². The zero-order chi connectivity index (χ0) is 19.8. The molecule has 8 heteroatoms. The molecule has 0 saturated heterocycles. The third-order valence-electron chi connectivity index (χ3n) is 4.05. The number of pyridine rings is 1. The summed E-state index contributed by atoms with van der Waals surface area (Å²) >= 11 is 0. The molecule has 0 atom stereocenters. The molecule has 0 bridgehead atoms. The zero-order valence-electron chi connectivity index (χ0n) is 14.3. The summed E-state index contributed by atoms with van der Waals surface area (Å²) in [6.07, 6.45) is -4.58. The molecule has 1 N–H and O–H groups in total. The van der Waals surface area contributed by atoms with Crippen molar-refractivity contribution < 1.29 is 32.5 Å². The van der Waals surface area contributed by atoms with Gasteiger partial charge in [-0.1, -0.05) is 0 Å². The smallest absolute Gasteiger partial charge is 0.416 e. The Hall–Kier alpha value is -3.29. The van der Waals surface area contributed by atoms with Crippen LogP contribution in [0.5, 0.6) is 11.5 Å². The number of rotatable bonds is 4. The maximum Gasteiger partial charge on any atom is 0.416 e. The second kappa shape index (κ2) is 6.79. The maximum atomic E-state index is 13.0. The molecule has 0 saturated carbocycles. The molecule has 3 rings (SSSR count). The van der Waals surface area contributed by atoms with Gasteiger partial charge in [0.1, 0.15) is 11.5 Å². The highest BCUT2D eigenvalue weighted by atomic mass is 19.4. The largest absolute Gasteiger partial charge is 0.497 e. The normalized spacial score (nSPS) is 11.4. The van der Waals surface area contributed by atoms with E-state index >= 15 is 0 Å². The lowest BCUT2D eigenvalue weighted by Crippen LogP contribution is -2.06. The van der Waals surface area contributed by atoms with Crippen molar-refractivity contribution in [2.45, 2.75) is 6.18 Å². The van der Waals surface area contributed by atoms with Crippen molar-refractivity contribution >= 4 is 16.9 Å². The first kappa shape index (κ1) is 18.5. The van der Waals surface area contributed by atoms with Gasteiger partial charge < -0.3 is 14.6 Å². The van der Waals surface area contributed by atoms with Crippen molar-refractivity contribution in [3.05, 3.63) is 53.6 Å². The molecule has 0 spiro atoms. The van der Waals surface area contributed by atoms with Gasteiger partial charge in [-0.25, -0.2) is 9.78 Å². The summed E-state index contributed by atoms with van der Waals surface area (Å²) < 4.78 is 49.4. The topological polar surface area (TPSA) is 68.7 Å². The lowest BCUT2D eigenvalue weighted by atomic mass is 10.0. The van der Waals surface area contributed by atoms with E-state index in [-0.39, 0.29) is 22.2 Å². The Morgan fingerprint density at radius 1 is 1.04 bits per heavy atom. The number of nitrogens with zero attached hydrogens (tertiary/aromatic N) is 1. The van der Waals surface area contributed by atoms with Crippen molar-refractivity contribution in [3.8, 4) is 22.8 Å². The number of fused-ring (bicyclic) bond motifs is 1. The van der Waals surface area contributed by atoms with Crippen LogP contribution in [0.25, 0.3) is 22.2 Å². The second-order valence-corrected chi connectivity index (χ2v) is 5.66. The van der Waals surface area contributed by atoms with Crippen molar-refractivity contribution in [2.24, 2.45) is 0 Å². The highest BCUT2D eigenvalue weighted by Gasteiger charge is 2.31.